The number of sulfonamides is 1. The molecule has 0 radical (unpaired) electrons. The van der Waals surface area contributed by atoms with E-state index in [0.717, 1.165) is 44.9 Å². The van der Waals surface area contributed by atoms with Gasteiger partial charge in [0.2, 0.25) is 15.9 Å². The molecule has 7 nitrogen and oxygen atoms in total. The van der Waals surface area contributed by atoms with E-state index in [1.54, 1.807) is 19.2 Å². The van der Waals surface area contributed by atoms with Gasteiger partial charge in [-0.05, 0) is 49.9 Å². The van der Waals surface area contributed by atoms with Crippen molar-refractivity contribution in [2.24, 2.45) is 11.8 Å². The van der Waals surface area contributed by atoms with Crippen molar-refractivity contribution in [2.45, 2.75) is 68.7 Å². The fraction of sp³-hybridized carbons (Fsp3) is 0.619. The molecule has 0 spiro atoms. The predicted octanol–water partition coefficient (Wildman–Crippen LogP) is 3.47. The van der Waals surface area contributed by atoms with Crippen LogP contribution in [0.1, 0.15) is 57.8 Å². The summed E-state index contributed by atoms with van der Waals surface area (Å²) in [4.78, 5) is 24.2. The largest absolute Gasteiger partial charge is 0.481 e. The number of hydrogen-bond acceptors (Lipinski definition) is 4. The number of carbonyl (C=O) groups excluding carboxylic acids is 1. The summed E-state index contributed by atoms with van der Waals surface area (Å²) in [5.41, 5.74) is 0.476. The SMILES string of the molecule is CN(C1CCCCC1)S(=O)(=O)c1ccc(NC(=O)[C@@H]2CCCC[C@@H]2C(=O)O)cc1. The molecular weight excluding hydrogens is 392 g/mol. The quantitative estimate of drug-likeness (QED) is 0.730. The van der Waals surface area contributed by atoms with E-state index in [-0.39, 0.29) is 16.8 Å². The normalized spacial score (nSPS) is 23.7. The summed E-state index contributed by atoms with van der Waals surface area (Å²) in [5, 5.41) is 12.1. The molecule has 0 unspecified atom stereocenters. The van der Waals surface area contributed by atoms with Crippen molar-refractivity contribution in [1.82, 2.24) is 4.31 Å². The van der Waals surface area contributed by atoms with Crippen LogP contribution in [0.4, 0.5) is 5.69 Å². The second kappa shape index (κ2) is 9.26. The molecule has 3 rings (SSSR count). The van der Waals surface area contributed by atoms with Crippen LogP contribution in [-0.4, -0.2) is 42.8 Å². The Balaban J connectivity index is 1.67. The lowest BCUT2D eigenvalue weighted by atomic mass is 9.78. The fourth-order valence-electron chi connectivity index (χ4n) is 4.49. The number of carboxylic acids is 1. The van der Waals surface area contributed by atoms with Gasteiger partial charge in [0, 0.05) is 18.8 Å². The lowest BCUT2D eigenvalue weighted by molar-refractivity contribution is -0.147. The second-order valence-electron chi connectivity index (χ2n) is 8.16. The Morgan fingerprint density at radius 1 is 0.931 bits per heavy atom. The molecule has 2 saturated carbocycles. The molecule has 0 bridgehead atoms. The van der Waals surface area contributed by atoms with E-state index in [4.69, 9.17) is 0 Å². The summed E-state index contributed by atoms with van der Waals surface area (Å²) >= 11 is 0. The third-order valence-electron chi connectivity index (χ3n) is 6.31. The van der Waals surface area contributed by atoms with E-state index < -0.39 is 27.8 Å². The number of amides is 1. The van der Waals surface area contributed by atoms with Gasteiger partial charge in [0.05, 0.1) is 16.7 Å². The lowest BCUT2D eigenvalue weighted by Crippen LogP contribution is -2.38. The van der Waals surface area contributed by atoms with Crippen molar-refractivity contribution < 1.29 is 23.1 Å². The summed E-state index contributed by atoms with van der Waals surface area (Å²) < 4.78 is 27.3. The van der Waals surface area contributed by atoms with E-state index in [9.17, 15) is 23.1 Å². The van der Waals surface area contributed by atoms with Crippen LogP contribution in [0.3, 0.4) is 0 Å². The first-order valence-corrected chi connectivity index (χ1v) is 11.9. The van der Waals surface area contributed by atoms with Crippen molar-refractivity contribution in [3.63, 3.8) is 0 Å². The van der Waals surface area contributed by atoms with Crippen LogP contribution in [0.5, 0.6) is 0 Å². The van der Waals surface area contributed by atoms with Crippen LogP contribution in [-0.2, 0) is 19.6 Å². The molecule has 2 fully saturated rings. The summed E-state index contributed by atoms with van der Waals surface area (Å²) in [6, 6.07) is 6.17. The maximum atomic E-state index is 12.9. The highest BCUT2D eigenvalue weighted by Crippen LogP contribution is 2.32. The minimum Gasteiger partial charge on any atom is -0.481 e. The summed E-state index contributed by atoms with van der Waals surface area (Å²) in [6.07, 6.45) is 7.75. The summed E-state index contributed by atoms with van der Waals surface area (Å²) in [7, 11) is -1.95. The van der Waals surface area contributed by atoms with Crippen LogP contribution in [0.25, 0.3) is 0 Å². The smallest absolute Gasteiger partial charge is 0.307 e. The maximum Gasteiger partial charge on any atom is 0.307 e. The summed E-state index contributed by atoms with van der Waals surface area (Å²) in [5.74, 6) is -2.46. The van der Waals surface area contributed by atoms with Gasteiger partial charge in [0.15, 0.2) is 0 Å². The molecule has 8 heteroatoms. The van der Waals surface area contributed by atoms with Gasteiger partial charge in [0.25, 0.3) is 0 Å². The Morgan fingerprint density at radius 3 is 2.07 bits per heavy atom. The zero-order chi connectivity index (χ0) is 21.0. The van der Waals surface area contributed by atoms with Gasteiger partial charge in [-0.2, -0.15) is 4.31 Å². The van der Waals surface area contributed by atoms with Gasteiger partial charge in [-0.15, -0.1) is 0 Å². The van der Waals surface area contributed by atoms with Gasteiger partial charge in [-0.1, -0.05) is 32.1 Å². The van der Waals surface area contributed by atoms with Gasteiger partial charge in [-0.25, -0.2) is 8.42 Å². The molecule has 0 aliphatic heterocycles. The molecule has 0 heterocycles. The monoisotopic (exact) mass is 422 g/mol. The molecule has 29 heavy (non-hydrogen) atoms. The standard InChI is InChI=1S/C21H30N2O5S/c1-23(16-7-3-2-4-8-16)29(27,28)17-13-11-15(12-14-17)22-20(24)18-9-5-6-10-19(18)21(25)26/h11-14,16,18-19H,2-10H2,1H3,(H,22,24)(H,25,26)/t18-,19+/m1/s1. The van der Waals surface area contributed by atoms with Crippen LogP contribution in [0.2, 0.25) is 0 Å². The first-order valence-electron chi connectivity index (χ1n) is 10.4. The minimum absolute atomic E-state index is 0.0346. The number of nitrogens with zero attached hydrogens (tertiary/aromatic N) is 1. The molecule has 0 saturated heterocycles. The Hall–Kier alpha value is -1.93. The number of aliphatic carboxylic acids is 1. The molecule has 2 N–H and O–H groups in total. The van der Waals surface area contributed by atoms with E-state index in [2.05, 4.69) is 5.32 Å². The predicted molar refractivity (Wildman–Crippen MR) is 110 cm³/mol. The second-order valence-corrected chi connectivity index (χ2v) is 10.2. The average Bonchev–Trinajstić information content (AvgIpc) is 2.74. The van der Waals surface area contributed by atoms with Gasteiger partial charge in [-0.3, -0.25) is 9.59 Å². The van der Waals surface area contributed by atoms with Crippen molar-refractivity contribution in [3.8, 4) is 0 Å². The third-order valence-corrected chi connectivity index (χ3v) is 8.23. The van der Waals surface area contributed by atoms with Crippen LogP contribution in [0.15, 0.2) is 29.2 Å². The van der Waals surface area contributed by atoms with Gasteiger partial charge < -0.3 is 10.4 Å². The summed E-state index contributed by atoms with van der Waals surface area (Å²) in [6.45, 7) is 0. The number of anilines is 1. The Bertz CT molecular complexity index is 831. The number of carbonyl (C=O) groups is 2. The van der Waals surface area contributed by atoms with Crippen LogP contribution in [0, 0.1) is 11.8 Å². The number of hydrogen-bond donors (Lipinski definition) is 2. The Labute approximate surface area is 172 Å². The van der Waals surface area contributed by atoms with E-state index in [0.29, 0.717) is 18.5 Å². The third kappa shape index (κ3) is 4.98. The first-order chi connectivity index (χ1) is 13.8. The van der Waals surface area contributed by atoms with Gasteiger partial charge >= 0.3 is 5.97 Å². The van der Waals surface area contributed by atoms with Crippen molar-refractivity contribution in [2.75, 3.05) is 12.4 Å². The molecule has 1 aromatic carbocycles. The molecule has 1 aromatic rings. The van der Waals surface area contributed by atoms with E-state index in [1.165, 1.54) is 16.4 Å². The average molecular weight is 423 g/mol. The molecule has 1 amide bonds. The van der Waals surface area contributed by atoms with Crippen molar-refractivity contribution in [3.05, 3.63) is 24.3 Å². The molecule has 2 aliphatic rings. The first kappa shape index (κ1) is 21.8. The molecule has 2 atom stereocenters. The van der Waals surface area contributed by atoms with Gasteiger partial charge in [0.1, 0.15) is 0 Å². The van der Waals surface area contributed by atoms with Crippen LogP contribution >= 0.6 is 0 Å². The van der Waals surface area contributed by atoms with Crippen molar-refractivity contribution >= 4 is 27.6 Å². The number of carboxylic acid groups (broad SMARTS) is 1. The highest BCUT2D eigenvalue weighted by Gasteiger charge is 2.36. The van der Waals surface area contributed by atoms with E-state index >= 15 is 0 Å². The zero-order valence-electron chi connectivity index (χ0n) is 16.8. The molecular formula is C21H30N2O5S. The zero-order valence-corrected chi connectivity index (χ0v) is 17.7. The Morgan fingerprint density at radius 2 is 1.48 bits per heavy atom. The molecule has 2 aliphatic carbocycles. The topological polar surface area (TPSA) is 104 Å². The molecule has 160 valence electrons. The van der Waals surface area contributed by atoms with Crippen molar-refractivity contribution in [1.29, 1.82) is 0 Å². The molecule has 0 aromatic heterocycles. The highest BCUT2D eigenvalue weighted by molar-refractivity contribution is 7.89. The maximum absolute atomic E-state index is 12.9. The number of nitrogens with one attached hydrogen (secondary N) is 1. The van der Waals surface area contributed by atoms with Crippen LogP contribution < -0.4 is 5.32 Å². The minimum atomic E-state index is -3.58. The highest BCUT2D eigenvalue weighted by atomic mass is 32.2. The Kier molecular flexibility index (Phi) is 6.95. The fourth-order valence-corrected chi connectivity index (χ4v) is 5.91. The van der Waals surface area contributed by atoms with E-state index in [1.807, 2.05) is 0 Å². The lowest BCUT2D eigenvalue weighted by Gasteiger charge is -2.30. The number of rotatable bonds is 6. The number of benzene rings is 1.